The Hall–Kier alpha value is -3.43. The highest BCUT2D eigenvalue weighted by atomic mass is 19.1. The first-order valence-electron chi connectivity index (χ1n) is 12.1. The molecule has 2 atom stereocenters. The Kier molecular flexibility index (Phi) is 7.30. The largest absolute Gasteiger partial charge is 0.387 e. The number of aryl methyl sites for hydroxylation is 1. The summed E-state index contributed by atoms with van der Waals surface area (Å²) in [5.41, 5.74) is 5.32. The van der Waals surface area contributed by atoms with Crippen LogP contribution in [0.3, 0.4) is 0 Å². The Bertz CT molecular complexity index is 1480. The number of pyridine rings is 2. The van der Waals surface area contributed by atoms with Gasteiger partial charge in [0.05, 0.1) is 36.1 Å². The number of methoxy groups -OCH3 is 1. The van der Waals surface area contributed by atoms with Crippen LogP contribution in [0.2, 0.25) is 0 Å². The Morgan fingerprint density at radius 2 is 2.14 bits per heavy atom. The van der Waals surface area contributed by atoms with Crippen molar-refractivity contribution in [2.24, 2.45) is 0 Å². The molecule has 2 aromatic heterocycles. The lowest BCUT2D eigenvalue weighted by Gasteiger charge is -2.29. The molecule has 0 saturated heterocycles. The highest BCUT2D eigenvalue weighted by Crippen LogP contribution is 2.45. The number of carbonyl (C=O) groups excluding carboxylic acids is 2. The molecule has 0 bridgehead atoms. The Labute approximate surface area is 214 Å². The number of halogens is 1. The molecule has 9 heteroatoms. The number of benzene rings is 1. The van der Waals surface area contributed by atoms with Crippen molar-refractivity contribution in [1.82, 2.24) is 14.9 Å². The van der Waals surface area contributed by atoms with E-state index in [0.717, 1.165) is 28.4 Å². The van der Waals surface area contributed by atoms with Gasteiger partial charge in [-0.3, -0.25) is 9.59 Å². The lowest BCUT2D eigenvalue weighted by atomic mass is 9.81. The fourth-order valence-electron chi connectivity index (χ4n) is 5.76. The molecule has 0 spiro atoms. The molecule has 1 amide bonds. The lowest BCUT2D eigenvalue weighted by molar-refractivity contribution is -0.124. The monoisotopic (exact) mass is 509 g/mol. The first-order chi connectivity index (χ1) is 17.3. The van der Waals surface area contributed by atoms with Crippen LogP contribution in [0.25, 0.3) is 22.3 Å². The van der Waals surface area contributed by atoms with Crippen LogP contribution in [-0.4, -0.2) is 40.6 Å². The van der Waals surface area contributed by atoms with Crippen LogP contribution in [-0.2, 0) is 33.9 Å². The summed E-state index contributed by atoms with van der Waals surface area (Å²) in [7, 11) is 1.50. The number of hydrogen-bond donors (Lipinski definition) is 2. The van der Waals surface area contributed by atoms with E-state index in [-0.39, 0.29) is 32.0 Å². The number of amides is 1. The summed E-state index contributed by atoms with van der Waals surface area (Å²) in [4.78, 5) is 42.5. The first kappa shape index (κ1) is 26.6. The van der Waals surface area contributed by atoms with E-state index in [1.54, 1.807) is 11.5 Å². The summed E-state index contributed by atoms with van der Waals surface area (Å²) in [6.07, 6.45) is 2.44. The maximum absolute atomic E-state index is 14.9. The number of ether oxygens (including phenoxy) is 1. The molecule has 2 unspecified atom stereocenters. The van der Waals surface area contributed by atoms with E-state index in [2.05, 4.69) is 5.32 Å². The predicted octanol–water partition coefficient (Wildman–Crippen LogP) is 3.44. The van der Waals surface area contributed by atoms with Gasteiger partial charge in [-0.25, -0.2) is 9.37 Å². The second kappa shape index (κ2) is 10.1. The molecule has 8 nitrogen and oxygen atoms in total. The van der Waals surface area contributed by atoms with Gasteiger partial charge < -0.3 is 24.5 Å². The molecule has 3 aromatic rings. The minimum atomic E-state index is -0.643. The number of carbonyl (C=O) groups is 2. The SMILES string of the molecule is C.CCC(C=O)c1cc2n(c(=O)c1COC)Cc1c-2nc2cc(F)c(C)c3c2c1C(NC(=O)CO)CC3. The van der Waals surface area contributed by atoms with Crippen LogP contribution in [0.4, 0.5) is 4.39 Å². The minimum absolute atomic E-state index is 0. The number of aromatic nitrogens is 2. The van der Waals surface area contributed by atoms with Crippen molar-refractivity contribution in [3.8, 4) is 11.4 Å². The number of nitrogens with one attached hydrogen (secondary N) is 1. The first-order valence-corrected chi connectivity index (χ1v) is 12.1. The van der Waals surface area contributed by atoms with Crippen LogP contribution < -0.4 is 10.9 Å². The maximum atomic E-state index is 14.9. The zero-order valence-corrected chi connectivity index (χ0v) is 20.5. The van der Waals surface area contributed by atoms with E-state index in [1.165, 1.54) is 13.2 Å². The van der Waals surface area contributed by atoms with E-state index >= 15 is 0 Å². The maximum Gasteiger partial charge on any atom is 0.257 e. The smallest absolute Gasteiger partial charge is 0.257 e. The number of hydrogen-bond acceptors (Lipinski definition) is 6. The highest BCUT2D eigenvalue weighted by molar-refractivity contribution is 5.93. The summed E-state index contributed by atoms with van der Waals surface area (Å²) in [6, 6.07) is 2.81. The summed E-state index contributed by atoms with van der Waals surface area (Å²) < 4.78 is 21.8. The second-order valence-electron chi connectivity index (χ2n) is 9.46. The van der Waals surface area contributed by atoms with Crippen molar-refractivity contribution in [1.29, 1.82) is 0 Å². The Balaban J connectivity index is 0.00000320. The number of aliphatic hydroxyl groups excluding tert-OH is 1. The molecule has 0 radical (unpaired) electrons. The van der Waals surface area contributed by atoms with Gasteiger partial charge in [0, 0.05) is 35.6 Å². The molecule has 0 saturated carbocycles. The molecule has 1 aromatic carbocycles. The molecular formula is C28H32FN3O5. The number of rotatable bonds is 7. The van der Waals surface area contributed by atoms with Crippen LogP contribution in [0, 0.1) is 12.7 Å². The summed E-state index contributed by atoms with van der Waals surface area (Å²) in [5, 5.41) is 13.0. The van der Waals surface area contributed by atoms with Crippen LogP contribution in [0.5, 0.6) is 0 Å². The van der Waals surface area contributed by atoms with E-state index in [4.69, 9.17) is 9.72 Å². The second-order valence-corrected chi connectivity index (χ2v) is 9.46. The van der Waals surface area contributed by atoms with E-state index in [1.807, 2.05) is 13.0 Å². The third-order valence-corrected chi connectivity index (χ3v) is 7.54. The van der Waals surface area contributed by atoms with Gasteiger partial charge in [-0.1, -0.05) is 14.4 Å². The van der Waals surface area contributed by atoms with Crippen LogP contribution >= 0.6 is 0 Å². The van der Waals surface area contributed by atoms with Gasteiger partial charge in [-0.05, 0) is 54.5 Å². The van der Waals surface area contributed by atoms with E-state index in [9.17, 15) is 23.9 Å². The number of aldehydes is 1. The van der Waals surface area contributed by atoms with E-state index < -0.39 is 24.5 Å². The molecule has 0 fully saturated rings. The fourth-order valence-corrected chi connectivity index (χ4v) is 5.76. The minimum Gasteiger partial charge on any atom is -0.387 e. The van der Waals surface area contributed by atoms with Crippen molar-refractivity contribution in [3.63, 3.8) is 0 Å². The molecule has 196 valence electrons. The van der Waals surface area contributed by atoms with Crippen molar-refractivity contribution < 1.29 is 23.8 Å². The molecule has 37 heavy (non-hydrogen) atoms. The summed E-state index contributed by atoms with van der Waals surface area (Å²) in [6.45, 7) is 3.28. The Morgan fingerprint density at radius 1 is 1.38 bits per heavy atom. The third kappa shape index (κ3) is 4.06. The molecule has 3 heterocycles. The van der Waals surface area contributed by atoms with Crippen molar-refractivity contribution in [2.75, 3.05) is 13.7 Å². The zero-order valence-electron chi connectivity index (χ0n) is 20.5. The fraction of sp³-hybridized carbons (Fsp3) is 0.429. The van der Waals surface area contributed by atoms with Gasteiger partial charge in [-0.2, -0.15) is 0 Å². The van der Waals surface area contributed by atoms with E-state index in [0.29, 0.717) is 52.9 Å². The lowest BCUT2D eigenvalue weighted by Crippen LogP contribution is -2.33. The van der Waals surface area contributed by atoms with Crippen LogP contribution in [0.15, 0.2) is 16.9 Å². The Morgan fingerprint density at radius 3 is 2.78 bits per heavy atom. The molecule has 2 N–H and O–H groups in total. The topological polar surface area (TPSA) is 111 Å². The molecule has 5 rings (SSSR count). The average molecular weight is 510 g/mol. The van der Waals surface area contributed by atoms with Gasteiger partial charge in [0.15, 0.2) is 0 Å². The van der Waals surface area contributed by atoms with Gasteiger partial charge >= 0.3 is 0 Å². The summed E-state index contributed by atoms with van der Waals surface area (Å²) >= 11 is 0. The number of fused-ring (bicyclic) bond motifs is 4. The standard InChI is InChI=1S/C27H28FN3O5.CH4/c1-4-14(10-32)16-7-22-26-17(9-31(22)27(35)18(16)12-36-3)25-20(29-23(34)11-33)6-5-15-13(2)19(28)8-21(30-26)24(15)25;/h7-8,10,14,20,33H,4-6,9,11-12H2,1-3H3,(H,29,34);1H4. The normalized spacial score (nSPS) is 16.1. The van der Waals surface area contributed by atoms with Crippen molar-refractivity contribution >= 4 is 23.1 Å². The quantitative estimate of drug-likeness (QED) is 0.369. The third-order valence-electron chi connectivity index (χ3n) is 7.54. The van der Waals surface area contributed by atoms with Gasteiger partial charge in [0.2, 0.25) is 5.91 Å². The van der Waals surface area contributed by atoms with Crippen molar-refractivity contribution in [2.45, 2.75) is 65.6 Å². The molecule has 1 aliphatic carbocycles. The van der Waals surface area contributed by atoms with Crippen LogP contribution in [0.1, 0.15) is 72.5 Å². The average Bonchev–Trinajstić information content (AvgIpc) is 3.24. The molecule has 1 aliphatic heterocycles. The van der Waals surface area contributed by atoms with Gasteiger partial charge in [-0.15, -0.1) is 0 Å². The van der Waals surface area contributed by atoms with Crippen molar-refractivity contribution in [3.05, 3.63) is 61.7 Å². The predicted molar refractivity (Wildman–Crippen MR) is 138 cm³/mol. The van der Waals surface area contributed by atoms with Gasteiger partial charge in [0.25, 0.3) is 5.56 Å². The number of aliphatic hydroxyl groups is 1. The summed E-state index contributed by atoms with van der Waals surface area (Å²) in [5.74, 6) is -1.33. The van der Waals surface area contributed by atoms with Gasteiger partial charge in [0.1, 0.15) is 18.7 Å². The zero-order chi connectivity index (χ0) is 25.7. The number of nitrogens with zero attached hydrogens (tertiary/aromatic N) is 2. The molecular weight excluding hydrogens is 477 g/mol. The highest BCUT2D eigenvalue weighted by Gasteiger charge is 2.35. The molecule has 2 aliphatic rings.